The Hall–Kier alpha value is -1.19. The van der Waals surface area contributed by atoms with Crippen molar-refractivity contribution in [3.8, 4) is 0 Å². The molecule has 154 valence electrons. The highest BCUT2D eigenvalue weighted by atomic mass is 35.5. The fourth-order valence-corrected chi connectivity index (χ4v) is 4.90. The molecule has 0 spiro atoms. The quantitative estimate of drug-likeness (QED) is 0.495. The molecule has 0 aliphatic heterocycles. The third-order valence-electron chi connectivity index (χ3n) is 4.41. The first-order valence-electron chi connectivity index (χ1n) is 9.80. The summed E-state index contributed by atoms with van der Waals surface area (Å²) in [4.78, 5) is 7.88. The number of aliphatic hydroxyl groups excluding tert-OH is 1. The Kier molecular flexibility index (Phi) is 11.0. The van der Waals surface area contributed by atoms with Crippen molar-refractivity contribution in [1.82, 2.24) is 9.97 Å². The van der Waals surface area contributed by atoms with Gasteiger partial charge in [-0.3, -0.25) is 0 Å². The first-order valence-corrected chi connectivity index (χ1v) is 12.2. The summed E-state index contributed by atoms with van der Waals surface area (Å²) >= 11 is 6.32. The highest BCUT2D eigenvalue weighted by molar-refractivity contribution is 6.35. The van der Waals surface area contributed by atoms with Gasteiger partial charge in [0.15, 0.2) is 0 Å². The van der Waals surface area contributed by atoms with Crippen LogP contribution in [0.25, 0.3) is 0 Å². The van der Waals surface area contributed by atoms with E-state index < -0.39 is 0 Å². The molecule has 3 N–H and O–H groups in total. The van der Waals surface area contributed by atoms with Crippen molar-refractivity contribution in [2.24, 2.45) is 11.8 Å². The molecule has 0 saturated carbocycles. The zero-order valence-corrected chi connectivity index (χ0v) is 19.8. The van der Waals surface area contributed by atoms with E-state index in [2.05, 4.69) is 37.7 Å². The minimum Gasteiger partial charge on any atom is -0.392 e. The molecule has 0 aliphatic carbocycles. The Morgan fingerprint density at radius 3 is 2.21 bits per heavy atom. The van der Waals surface area contributed by atoms with E-state index in [1.54, 1.807) is 19.1 Å². The minimum absolute atomic E-state index is 0.0994. The highest BCUT2D eigenvalue weighted by Gasteiger charge is 2.12. The summed E-state index contributed by atoms with van der Waals surface area (Å²) in [6, 6.07) is 4.59. The minimum atomic E-state index is -0.390. The van der Waals surface area contributed by atoms with Crippen molar-refractivity contribution < 1.29 is 9.50 Å². The van der Waals surface area contributed by atoms with Gasteiger partial charge in [-0.15, -0.1) is 0 Å². The number of nitrogens with zero attached hydrogens (tertiary/aromatic N) is 2. The van der Waals surface area contributed by atoms with Gasteiger partial charge < -0.3 is 10.8 Å². The van der Waals surface area contributed by atoms with Crippen LogP contribution in [0.1, 0.15) is 50.1 Å². The van der Waals surface area contributed by atoms with Crippen LogP contribution >= 0.6 is 11.6 Å². The number of aliphatic hydroxyl groups is 1. The molecule has 0 radical (unpaired) electrons. The maximum atomic E-state index is 13.8. The van der Waals surface area contributed by atoms with E-state index in [0.29, 0.717) is 37.6 Å². The molecule has 0 saturated heterocycles. The van der Waals surface area contributed by atoms with E-state index >= 15 is 0 Å². The summed E-state index contributed by atoms with van der Waals surface area (Å²) < 4.78 is 13.8. The molecular weight excluding hydrogens is 392 g/mol. The van der Waals surface area contributed by atoms with Crippen molar-refractivity contribution in [2.45, 2.75) is 58.2 Å². The first-order chi connectivity index (χ1) is 13.1. The molecule has 1 heterocycles. The van der Waals surface area contributed by atoms with Gasteiger partial charge >= 0.3 is 0 Å². The lowest BCUT2D eigenvalue weighted by atomic mass is 10.0. The molecule has 0 atom stereocenters. The number of hydrogen-bond donors (Lipinski definition) is 2. The Labute approximate surface area is 179 Å². The molecule has 0 fully saturated rings. The predicted octanol–water partition coefficient (Wildman–Crippen LogP) is 4.81. The molecule has 28 heavy (non-hydrogen) atoms. The monoisotopic (exact) mass is 423 g/mol. The number of benzene rings is 1. The smallest absolute Gasteiger partial charge is 0.237 e. The van der Waals surface area contributed by atoms with E-state index in [0.717, 1.165) is 11.8 Å². The van der Waals surface area contributed by atoms with Crippen LogP contribution in [0.3, 0.4) is 0 Å². The third-order valence-corrected chi connectivity index (χ3v) is 7.85. The van der Waals surface area contributed by atoms with Gasteiger partial charge in [0, 0.05) is 17.7 Å². The molecule has 7 heteroatoms. The zero-order chi connectivity index (χ0) is 21.3. The lowest BCUT2D eigenvalue weighted by Crippen LogP contribution is -2.04. The number of anilines is 1. The van der Waals surface area contributed by atoms with Crippen LogP contribution < -0.4 is 5.73 Å². The van der Waals surface area contributed by atoms with E-state index in [1.165, 1.54) is 16.6 Å². The van der Waals surface area contributed by atoms with Gasteiger partial charge in [-0.2, -0.15) is 0 Å². The molecule has 1 aromatic carbocycles. The normalized spacial score (nSPS) is 10.8. The van der Waals surface area contributed by atoms with Crippen LogP contribution in [0.2, 0.25) is 15.7 Å². The first kappa shape index (κ1) is 24.8. The molecule has 1 aromatic heterocycles. The number of aromatic nitrogens is 2. The molecule has 2 rings (SSSR count). The molecule has 2 aromatic rings. The van der Waals surface area contributed by atoms with E-state index in [1.807, 2.05) is 0 Å². The summed E-state index contributed by atoms with van der Waals surface area (Å²) in [5.41, 5.74) is 7.75. The summed E-state index contributed by atoms with van der Waals surface area (Å²) in [7, 11) is 0. The van der Waals surface area contributed by atoms with Crippen molar-refractivity contribution in [2.75, 3.05) is 5.73 Å². The van der Waals surface area contributed by atoms with Crippen LogP contribution in [0.15, 0.2) is 18.2 Å². The largest absolute Gasteiger partial charge is 0.392 e. The topological polar surface area (TPSA) is 72.0 Å². The SMILES string of the molecule is CC(C)[CH2][AlH][CH2]C(C)C.Cc1nc(N)nc(Cl)c1Cc1ccc(CO)cc1F. The van der Waals surface area contributed by atoms with Gasteiger partial charge in [0.25, 0.3) is 0 Å². The fourth-order valence-electron chi connectivity index (χ4n) is 2.74. The second kappa shape index (κ2) is 12.4. The van der Waals surface area contributed by atoms with Crippen LogP contribution in [-0.2, 0) is 13.0 Å². The number of aryl methyl sites for hydroxylation is 1. The maximum absolute atomic E-state index is 13.8. The standard InChI is InChI=1S/C13H13ClFN3O.2C4H9.Al.H/c1-7-10(12(14)18-13(16)17-7)5-9-3-2-8(6-19)4-11(9)15;2*1-4(2)3;;/h2-4,19H,5-6H2,1H3,(H2,16,17,18);2*4H,1H2,2-3H3;;. The molecule has 0 amide bonds. The van der Waals surface area contributed by atoms with Crippen LogP contribution in [-0.4, -0.2) is 30.3 Å². The van der Waals surface area contributed by atoms with Crippen molar-refractivity contribution >= 4 is 32.8 Å². The van der Waals surface area contributed by atoms with E-state index in [-0.39, 0.29) is 29.9 Å². The predicted molar refractivity (Wildman–Crippen MR) is 118 cm³/mol. The lowest BCUT2D eigenvalue weighted by molar-refractivity contribution is 0.281. The Balaban J connectivity index is 0.000000370. The highest BCUT2D eigenvalue weighted by Crippen LogP contribution is 2.22. The lowest BCUT2D eigenvalue weighted by Gasteiger charge is -2.09. The third kappa shape index (κ3) is 8.88. The summed E-state index contributed by atoms with van der Waals surface area (Å²) in [6.45, 7) is 10.9. The number of nitrogen functional groups attached to an aromatic ring is 1. The Morgan fingerprint density at radius 2 is 1.75 bits per heavy atom. The second-order valence-electron chi connectivity index (χ2n) is 7.92. The van der Waals surface area contributed by atoms with Gasteiger partial charge in [-0.25, -0.2) is 14.4 Å². The number of halogens is 2. The molecule has 0 unspecified atom stereocenters. The van der Waals surface area contributed by atoms with Crippen LogP contribution in [0.5, 0.6) is 0 Å². The van der Waals surface area contributed by atoms with Gasteiger partial charge in [0.1, 0.15) is 11.0 Å². The van der Waals surface area contributed by atoms with E-state index in [4.69, 9.17) is 22.4 Å². The van der Waals surface area contributed by atoms with Crippen molar-refractivity contribution in [1.29, 1.82) is 0 Å². The molecule has 0 bridgehead atoms. The van der Waals surface area contributed by atoms with Crippen molar-refractivity contribution in [3.63, 3.8) is 0 Å². The van der Waals surface area contributed by atoms with Crippen LogP contribution in [0, 0.1) is 24.6 Å². The van der Waals surface area contributed by atoms with Gasteiger partial charge in [-0.05, 0) is 24.1 Å². The zero-order valence-electron chi connectivity index (χ0n) is 17.6. The second-order valence-corrected chi connectivity index (χ2v) is 10.1. The number of nitrogens with two attached hydrogens (primary N) is 1. The Morgan fingerprint density at radius 1 is 1.14 bits per heavy atom. The fraction of sp³-hybridized carbons (Fsp3) is 0.524. The maximum Gasteiger partial charge on any atom is 0.237 e. The summed E-state index contributed by atoms with van der Waals surface area (Å²) in [5.74, 6) is 1.62. The molecular formula is C21H32AlClFN3O. The molecule has 0 aliphatic rings. The number of rotatable bonds is 7. The van der Waals surface area contributed by atoms with Gasteiger partial charge in [0.2, 0.25) is 21.2 Å². The van der Waals surface area contributed by atoms with Gasteiger partial charge in [0.05, 0.1) is 6.61 Å². The average Bonchev–Trinajstić information content (AvgIpc) is 2.59. The number of hydrogen-bond acceptors (Lipinski definition) is 4. The Bertz CT molecular complexity index is 725. The van der Waals surface area contributed by atoms with Crippen LogP contribution in [0.4, 0.5) is 10.3 Å². The van der Waals surface area contributed by atoms with Crippen molar-refractivity contribution in [3.05, 3.63) is 51.6 Å². The average molecular weight is 424 g/mol. The summed E-state index contributed by atoms with van der Waals surface area (Å²) in [5, 5.41) is 12.3. The molecule has 4 nitrogen and oxygen atoms in total. The van der Waals surface area contributed by atoms with E-state index in [9.17, 15) is 4.39 Å². The van der Waals surface area contributed by atoms with Gasteiger partial charge in [-0.1, -0.05) is 73.8 Å². The summed E-state index contributed by atoms with van der Waals surface area (Å²) in [6.07, 6.45) is 0.280.